The van der Waals surface area contributed by atoms with E-state index in [9.17, 15) is 4.79 Å². The number of hydrogen-bond acceptors (Lipinski definition) is 5. The number of carbonyl (C=O) groups excluding carboxylic acids is 1. The van der Waals surface area contributed by atoms with Gasteiger partial charge >= 0.3 is 0 Å². The van der Waals surface area contributed by atoms with Crippen LogP contribution in [0.4, 0.5) is 5.69 Å². The number of rotatable bonds is 6. The summed E-state index contributed by atoms with van der Waals surface area (Å²) in [6, 6.07) is 2.01. The predicted octanol–water partition coefficient (Wildman–Crippen LogP) is 0.303. The van der Waals surface area contributed by atoms with Crippen LogP contribution >= 0.6 is 0 Å². The van der Waals surface area contributed by atoms with E-state index in [1.54, 1.807) is 14.0 Å². The van der Waals surface area contributed by atoms with E-state index in [1.165, 1.54) is 4.90 Å². The molecule has 1 heterocycles. The number of anilines is 1. The van der Waals surface area contributed by atoms with Crippen LogP contribution in [0.15, 0.2) is 0 Å². The highest BCUT2D eigenvalue weighted by Crippen LogP contribution is 2.14. The van der Waals surface area contributed by atoms with Crippen molar-refractivity contribution in [2.45, 2.75) is 13.3 Å². The zero-order chi connectivity index (χ0) is 13.5. The smallest absolute Gasteiger partial charge is 0.276 e. The molecule has 0 aliphatic rings. The van der Waals surface area contributed by atoms with Crippen molar-refractivity contribution >= 4 is 11.6 Å². The van der Waals surface area contributed by atoms with Crippen LogP contribution in [0, 0.1) is 18.3 Å². The van der Waals surface area contributed by atoms with Crippen molar-refractivity contribution < 1.29 is 9.53 Å². The molecule has 18 heavy (non-hydrogen) atoms. The number of ether oxygens (including phenoxy) is 1. The van der Waals surface area contributed by atoms with Gasteiger partial charge in [0.15, 0.2) is 5.69 Å². The number of nitrogen functional groups attached to an aromatic ring is 1. The molecule has 0 aliphatic carbocycles. The Labute approximate surface area is 106 Å². The molecule has 0 saturated carbocycles. The number of aryl methyl sites for hydroxylation is 1. The highest BCUT2D eigenvalue weighted by atomic mass is 16.5. The van der Waals surface area contributed by atoms with Gasteiger partial charge in [-0.3, -0.25) is 9.89 Å². The van der Waals surface area contributed by atoms with Gasteiger partial charge in [0.05, 0.1) is 30.5 Å². The number of carbonyl (C=O) groups is 1. The molecular formula is C11H17N5O2. The quantitative estimate of drug-likeness (QED) is 0.756. The molecule has 0 spiro atoms. The van der Waals surface area contributed by atoms with Crippen LogP contribution < -0.4 is 5.73 Å². The van der Waals surface area contributed by atoms with Gasteiger partial charge in [-0.25, -0.2) is 0 Å². The van der Waals surface area contributed by atoms with Crippen LogP contribution in [-0.2, 0) is 4.74 Å². The summed E-state index contributed by atoms with van der Waals surface area (Å²) < 4.78 is 4.94. The van der Waals surface area contributed by atoms with Gasteiger partial charge in [0.25, 0.3) is 5.91 Å². The number of hydrogen-bond donors (Lipinski definition) is 2. The second-order valence-electron chi connectivity index (χ2n) is 3.80. The fourth-order valence-electron chi connectivity index (χ4n) is 1.45. The maximum Gasteiger partial charge on any atom is 0.276 e. The van der Waals surface area contributed by atoms with E-state index in [0.717, 1.165) is 0 Å². The van der Waals surface area contributed by atoms with Crippen molar-refractivity contribution in [3.05, 3.63) is 11.4 Å². The number of amides is 1. The predicted molar refractivity (Wildman–Crippen MR) is 65.7 cm³/mol. The molecule has 0 aromatic carbocycles. The van der Waals surface area contributed by atoms with E-state index in [2.05, 4.69) is 10.2 Å². The molecule has 0 saturated heterocycles. The van der Waals surface area contributed by atoms with Crippen LogP contribution in [0.1, 0.15) is 22.6 Å². The lowest BCUT2D eigenvalue weighted by Crippen LogP contribution is -2.35. The van der Waals surface area contributed by atoms with Gasteiger partial charge in [-0.2, -0.15) is 10.4 Å². The summed E-state index contributed by atoms with van der Waals surface area (Å²) in [5.74, 6) is -0.288. The maximum absolute atomic E-state index is 12.2. The van der Waals surface area contributed by atoms with Crippen LogP contribution in [0.25, 0.3) is 0 Å². The summed E-state index contributed by atoms with van der Waals surface area (Å²) in [5, 5.41) is 15.1. The summed E-state index contributed by atoms with van der Waals surface area (Å²) in [7, 11) is 1.56. The Balaban J connectivity index is 2.81. The Morgan fingerprint density at radius 1 is 1.61 bits per heavy atom. The first-order chi connectivity index (χ1) is 8.61. The maximum atomic E-state index is 12.2. The molecule has 7 nitrogen and oxygen atoms in total. The van der Waals surface area contributed by atoms with Crippen molar-refractivity contribution in [1.29, 1.82) is 5.26 Å². The zero-order valence-corrected chi connectivity index (χ0v) is 10.6. The first-order valence-electron chi connectivity index (χ1n) is 5.57. The van der Waals surface area contributed by atoms with E-state index in [-0.39, 0.29) is 18.0 Å². The Morgan fingerprint density at radius 3 is 2.83 bits per heavy atom. The molecule has 0 fully saturated rings. The summed E-state index contributed by atoms with van der Waals surface area (Å²) in [6.45, 7) is 2.89. The molecule has 1 amide bonds. The molecule has 1 aromatic rings. The number of nitrogens with one attached hydrogen (secondary N) is 1. The minimum atomic E-state index is -0.288. The first-order valence-corrected chi connectivity index (χ1v) is 5.57. The molecule has 3 N–H and O–H groups in total. The van der Waals surface area contributed by atoms with Gasteiger partial charge in [-0.15, -0.1) is 0 Å². The Hall–Kier alpha value is -2.07. The molecular weight excluding hydrogens is 234 g/mol. The van der Waals surface area contributed by atoms with Gasteiger partial charge in [0, 0.05) is 20.2 Å². The third kappa shape index (κ3) is 3.21. The molecule has 1 aromatic heterocycles. The molecule has 1 rings (SSSR count). The molecule has 0 bridgehead atoms. The van der Waals surface area contributed by atoms with E-state index < -0.39 is 0 Å². The third-order valence-electron chi connectivity index (χ3n) is 2.54. The molecule has 0 unspecified atom stereocenters. The van der Waals surface area contributed by atoms with Crippen LogP contribution in [-0.4, -0.2) is 47.8 Å². The number of nitrogens with zero attached hydrogens (tertiary/aromatic N) is 3. The largest absolute Gasteiger partial charge is 0.395 e. The number of nitriles is 1. The van der Waals surface area contributed by atoms with Gasteiger partial charge < -0.3 is 15.4 Å². The van der Waals surface area contributed by atoms with Crippen LogP contribution in [0.2, 0.25) is 0 Å². The molecule has 0 radical (unpaired) electrons. The number of H-pyrrole nitrogens is 1. The lowest BCUT2D eigenvalue weighted by atomic mass is 10.2. The van der Waals surface area contributed by atoms with Gasteiger partial charge in [0.1, 0.15) is 0 Å². The lowest BCUT2D eigenvalue weighted by Gasteiger charge is -2.20. The van der Waals surface area contributed by atoms with Crippen molar-refractivity contribution in [3.63, 3.8) is 0 Å². The minimum Gasteiger partial charge on any atom is -0.395 e. The first kappa shape index (κ1) is 14.0. The van der Waals surface area contributed by atoms with E-state index in [1.807, 2.05) is 6.07 Å². The summed E-state index contributed by atoms with van der Waals surface area (Å²) in [5.41, 5.74) is 6.96. The summed E-state index contributed by atoms with van der Waals surface area (Å²) in [6.07, 6.45) is 0.263. The van der Waals surface area contributed by atoms with Crippen LogP contribution in [0.5, 0.6) is 0 Å². The number of nitrogens with two attached hydrogens (primary N) is 1. The van der Waals surface area contributed by atoms with Crippen molar-refractivity contribution in [2.75, 3.05) is 32.5 Å². The number of aromatic nitrogens is 2. The fourth-order valence-corrected chi connectivity index (χ4v) is 1.45. The highest BCUT2D eigenvalue weighted by molar-refractivity contribution is 5.97. The van der Waals surface area contributed by atoms with Gasteiger partial charge in [-0.1, -0.05) is 0 Å². The summed E-state index contributed by atoms with van der Waals surface area (Å²) in [4.78, 5) is 13.7. The zero-order valence-electron chi connectivity index (χ0n) is 10.6. The number of aromatic amines is 1. The second-order valence-corrected chi connectivity index (χ2v) is 3.80. The van der Waals surface area contributed by atoms with E-state index >= 15 is 0 Å². The third-order valence-corrected chi connectivity index (χ3v) is 2.54. The normalized spacial score (nSPS) is 10.1. The van der Waals surface area contributed by atoms with Gasteiger partial charge in [0.2, 0.25) is 0 Å². The van der Waals surface area contributed by atoms with Gasteiger partial charge in [-0.05, 0) is 6.92 Å². The Morgan fingerprint density at radius 2 is 2.33 bits per heavy atom. The lowest BCUT2D eigenvalue weighted by molar-refractivity contribution is 0.0695. The van der Waals surface area contributed by atoms with Crippen molar-refractivity contribution in [2.24, 2.45) is 0 Å². The molecule has 0 aliphatic heterocycles. The minimum absolute atomic E-state index is 0.196. The fraction of sp³-hybridized carbons (Fsp3) is 0.545. The number of methoxy groups -OCH3 is 1. The van der Waals surface area contributed by atoms with Crippen molar-refractivity contribution in [3.8, 4) is 6.07 Å². The molecule has 0 atom stereocenters. The second kappa shape index (κ2) is 6.61. The summed E-state index contributed by atoms with van der Waals surface area (Å²) >= 11 is 0. The van der Waals surface area contributed by atoms with E-state index in [0.29, 0.717) is 31.1 Å². The Bertz CT molecular complexity index is 449. The average molecular weight is 251 g/mol. The molecule has 7 heteroatoms. The van der Waals surface area contributed by atoms with E-state index in [4.69, 9.17) is 15.7 Å². The van der Waals surface area contributed by atoms with Crippen LogP contribution in [0.3, 0.4) is 0 Å². The highest BCUT2D eigenvalue weighted by Gasteiger charge is 2.21. The Kier molecular flexibility index (Phi) is 5.14. The monoisotopic (exact) mass is 251 g/mol. The average Bonchev–Trinajstić information content (AvgIpc) is 2.69. The molecule has 98 valence electrons. The van der Waals surface area contributed by atoms with Crippen molar-refractivity contribution in [1.82, 2.24) is 15.1 Å². The SMILES string of the molecule is COCCN(CCC#N)C(=O)c1n[nH]c(C)c1N. The topological polar surface area (TPSA) is 108 Å². The standard InChI is InChI=1S/C11H17N5O2/c1-8-9(13)10(15-14-8)11(17)16(5-3-4-12)6-7-18-2/h3,5-7,13H2,1-2H3,(H,14,15).